The molecule has 4 aliphatic rings. The number of aliphatic hydroxyl groups is 4. The predicted molar refractivity (Wildman–Crippen MR) is 219 cm³/mol. The van der Waals surface area contributed by atoms with Crippen molar-refractivity contribution in [3.8, 4) is 0 Å². The highest BCUT2D eigenvalue weighted by Crippen LogP contribution is 2.64. The van der Waals surface area contributed by atoms with E-state index in [-0.39, 0.29) is 22.3 Å². The normalized spacial score (nSPS) is 32.7. The van der Waals surface area contributed by atoms with Gasteiger partial charge >= 0.3 is 23.9 Å². The van der Waals surface area contributed by atoms with Gasteiger partial charge in [-0.25, -0.2) is 9.59 Å². The van der Waals surface area contributed by atoms with Gasteiger partial charge in [-0.15, -0.1) is 0 Å². The van der Waals surface area contributed by atoms with Crippen molar-refractivity contribution < 1.29 is 72.9 Å². The van der Waals surface area contributed by atoms with Crippen molar-refractivity contribution in [2.75, 3.05) is 6.61 Å². The van der Waals surface area contributed by atoms with E-state index in [2.05, 4.69) is 5.32 Å². The largest absolute Gasteiger partial charge is 0.456 e. The lowest BCUT2D eigenvalue weighted by Gasteiger charge is -2.68. The summed E-state index contributed by atoms with van der Waals surface area (Å²) in [6.07, 6.45) is -13.5. The van der Waals surface area contributed by atoms with Crippen LogP contribution in [-0.2, 0) is 42.9 Å². The summed E-state index contributed by atoms with van der Waals surface area (Å²) in [5.74, 6) is -7.48. The second-order valence-electron chi connectivity index (χ2n) is 17.5. The number of rotatable bonds is 10. The Bertz CT molecular complexity index is 2320. The number of hydrogen-bond acceptors (Lipinski definition) is 15. The van der Waals surface area contributed by atoms with Crippen molar-refractivity contribution in [3.63, 3.8) is 0 Å². The van der Waals surface area contributed by atoms with Crippen LogP contribution in [0.4, 0.5) is 0 Å². The molecule has 0 aromatic heterocycles. The number of hydrogen-bond donors (Lipinski definition) is 5. The number of ketones is 1. The van der Waals surface area contributed by atoms with E-state index >= 15 is 4.79 Å². The zero-order valence-electron chi connectivity index (χ0n) is 35.6. The number of Topliss-reactive ketones (excluding diaryl/α,β-unsaturated/α-hetero) is 1. The van der Waals surface area contributed by atoms with Gasteiger partial charge in [-0.1, -0.05) is 80.6 Å². The Morgan fingerprint density at radius 3 is 1.92 bits per heavy atom. The summed E-state index contributed by atoms with van der Waals surface area (Å²) in [4.78, 5) is 83.6. The second-order valence-corrected chi connectivity index (χ2v) is 17.5. The maximum atomic E-state index is 15.5. The number of aliphatic hydroxyl groups excluding tert-OH is 3. The minimum Gasteiger partial charge on any atom is -0.456 e. The predicted octanol–water partition coefficient (Wildman–Crippen LogP) is 2.71. The van der Waals surface area contributed by atoms with Crippen LogP contribution in [0.2, 0.25) is 0 Å². The van der Waals surface area contributed by atoms with Crippen LogP contribution < -0.4 is 5.32 Å². The topological polar surface area (TPSA) is 242 Å². The fourth-order valence-electron chi connectivity index (χ4n) is 10.3. The standard InChI is InChI=1S/C47H51NO15/c1-24-30(61-43(57)33(51)32(27-16-10-7-11-17-27)48-41(55)28-18-12-8-13-19-28)22-47(58)40(62-42(56)29-20-14-9-15-21-29)36-45(6,38(54)35(60-25(2)49)31(24)44(47,4)5)37(53)34(52)39-46(36,23-59-39)63-26(3)50/h7-21,30,32-37,39-40,51-53,58H,22-23H2,1-6H3,(H,48,55)/t30-,32-,33+,34-,35+,36-,37+,39+,40-,45-,46+,47-/m0/s1. The molecule has 16 heteroatoms. The molecule has 7 rings (SSSR count). The maximum Gasteiger partial charge on any atom is 0.338 e. The molecule has 3 aromatic rings. The van der Waals surface area contributed by atoms with Gasteiger partial charge in [0.15, 0.2) is 23.6 Å². The molecule has 2 saturated carbocycles. The third-order valence-electron chi connectivity index (χ3n) is 13.5. The van der Waals surface area contributed by atoms with Gasteiger partial charge in [0.25, 0.3) is 5.91 Å². The number of carbonyl (C=O) groups excluding carboxylic acids is 6. The average molecular weight is 870 g/mol. The number of amides is 1. The monoisotopic (exact) mass is 869 g/mol. The van der Waals surface area contributed by atoms with Crippen molar-refractivity contribution in [1.29, 1.82) is 0 Å². The lowest BCUT2D eigenvalue weighted by Crippen LogP contribution is -2.85. The van der Waals surface area contributed by atoms with Crippen molar-refractivity contribution in [3.05, 3.63) is 119 Å². The summed E-state index contributed by atoms with van der Waals surface area (Å²) in [6.45, 7) is 7.39. The molecule has 1 heterocycles. The first kappa shape index (κ1) is 45.3. The van der Waals surface area contributed by atoms with Crippen LogP contribution in [0.1, 0.15) is 80.3 Å². The molecule has 1 amide bonds. The van der Waals surface area contributed by atoms with Gasteiger partial charge in [0.1, 0.15) is 30.0 Å². The van der Waals surface area contributed by atoms with Crippen LogP contribution in [0, 0.1) is 16.7 Å². The Balaban J connectivity index is 1.40. The molecule has 3 fully saturated rings. The summed E-state index contributed by atoms with van der Waals surface area (Å²) in [6, 6.07) is 22.6. The van der Waals surface area contributed by atoms with Crippen LogP contribution in [0.25, 0.3) is 0 Å². The lowest BCUT2D eigenvalue weighted by molar-refractivity contribution is -0.369. The van der Waals surface area contributed by atoms with Gasteiger partial charge in [0, 0.05) is 31.2 Å². The van der Waals surface area contributed by atoms with Crippen LogP contribution >= 0.6 is 0 Å². The van der Waals surface area contributed by atoms with Crippen LogP contribution in [0.15, 0.2) is 102 Å². The van der Waals surface area contributed by atoms with E-state index in [0.717, 1.165) is 13.8 Å². The van der Waals surface area contributed by atoms with E-state index in [4.69, 9.17) is 23.7 Å². The maximum absolute atomic E-state index is 15.5. The quantitative estimate of drug-likeness (QED) is 0.112. The molecule has 12 atom stereocenters. The van der Waals surface area contributed by atoms with Gasteiger partial charge in [-0.05, 0) is 54.8 Å². The zero-order chi connectivity index (χ0) is 45.8. The highest BCUT2D eigenvalue weighted by atomic mass is 16.6. The van der Waals surface area contributed by atoms with Gasteiger partial charge < -0.3 is 49.4 Å². The van der Waals surface area contributed by atoms with Gasteiger partial charge in [-0.3, -0.25) is 19.2 Å². The summed E-state index contributed by atoms with van der Waals surface area (Å²) in [5, 5.41) is 51.8. The Labute approximate surface area is 363 Å². The molecule has 63 heavy (non-hydrogen) atoms. The fraction of sp³-hybridized carbons (Fsp3) is 0.447. The number of esters is 4. The molecule has 5 N–H and O–H groups in total. The SMILES string of the molecule is CC(=O)O[C@H]1C(=O)[C@]2(C)[C@H](O)[C@H](O)[C@H]3OC[C@@]3(OC(C)=O)[C@H]2[C@H](OC(=O)c2ccccc2)[C@@]2(O)C[C@H](OC(=O)[C@H](O)[C@@H](NC(=O)c3ccccc3)c3ccccc3)C(C)=C1C2(C)C. The number of fused-ring (bicyclic) bond motifs is 5. The van der Waals surface area contributed by atoms with E-state index in [0.29, 0.717) is 5.56 Å². The Hall–Kier alpha value is -5.78. The molecule has 3 aromatic carbocycles. The number of ether oxygens (including phenoxy) is 5. The summed E-state index contributed by atoms with van der Waals surface area (Å²) in [7, 11) is 0. The minimum atomic E-state index is -2.48. The fourth-order valence-corrected chi connectivity index (χ4v) is 10.3. The van der Waals surface area contributed by atoms with Gasteiger partial charge in [0.05, 0.1) is 35.6 Å². The van der Waals surface area contributed by atoms with Gasteiger partial charge in [-0.2, -0.15) is 0 Å². The van der Waals surface area contributed by atoms with Crippen LogP contribution in [-0.4, -0.2) is 117 Å². The number of carbonyl (C=O) groups is 6. The number of benzene rings is 3. The Morgan fingerprint density at radius 2 is 1.38 bits per heavy atom. The zero-order valence-corrected chi connectivity index (χ0v) is 35.6. The molecule has 3 aliphatic carbocycles. The summed E-state index contributed by atoms with van der Waals surface area (Å²) < 4.78 is 29.9. The smallest absolute Gasteiger partial charge is 0.338 e. The van der Waals surface area contributed by atoms with Crippen molar-refractivity contribution in [2.24, 2.45) is 16.7 Å². The third kappa shape index (κ3) is 7.42. The van der Waals surface area contributed by atoms with E-state index in [1.807, 2.05) is 0 Å². The van der Waals surface area contributed by atoms with Crippen molar-refractivity contribution in [1.82, 2.24) is 5.32 Å². The van der Waals surface area contributed by atoms with E-state index in [1.165, 1.54) is 39.8 Å². The van der Waals surface area contributed by atoms with Crippen LogP contribution in [0.5, 0.6) is 0 Å². The summed E-state index contributed by atoms with van der Waals surface area (Å²) >= 11 is 0. The molecule has 1 aliphatic heterocycles. The van der Waals surface area contributed by atoms with Crippen LogP contribution in [0.3, 0.4) is 0 Å². The molecular weight excluding hydrogens is 819 g/mol. The molecular formula is C47H51NO15. The Kier molecular flexibility index (Phi) is 12.0. The Morgan fingerprint density at radius 1 is 0.810 bits per heavy atom. The molecule has 334 valence electrons. The van der Waals surface area contributed by atoms with Crippen molar-refractivity contribution >= 4 is 35.6 Å². The summed E-state index contributed by atoms with van der Waals surface area (Å²) in [5.41, 5.74) is -7.98. The van der Waals surface area contributed by atoms with E-state index < -0.39 is 125 Å². The highest BCUT2D eigenvalue weighted by molar-refractivity contribution is 5.96. The van der Waals surface area contributed by atoms with Gasteiger partial charge in [0.2, 0.25) is 0 Å². The molecule has 0 unspecified atom stereocenters. The molecule has 1 saturated heterocycles. The minimum absolute atomic E-state index is 0.0180. The second kappa shape index (κ2) is 16.7. The average Bonchev–Trinajstić information content (AvgIpc) is 3.24. The number of nitrogens with one attached hydrogen (secondary N) is 1. The van der Waals surface area contributed by atoms with Crippen molar-refractivity contribution in [2.45, 2.75) is 108 Å². The molecule has 0 radical (unpaired) electrons. The first-order chi connectivity index (χ1) is 29.7. The molecule has 2 bridgehead atoms. The first-order valence-electron chi connectivity index (χ1n) is 20.6. The van der Waals surface area contributed by atoms with E-state index in [9.17, 15) is 44.4 Å². The highest BCUT2D eigenvalue weighted by Gasteiger charge is 2.80. The third-order valence-corrected chi connectivity index (χ3v) is 13.5. The van der Waals surface area contributed by atoms with E-state index in [1.54, 1.807) is 78.9 Å². The molecule has 0 spiro atoms. The lowest BCUT2D eigenvalue weighted by atomic mass is 9.44. The molecule has 16 nitrogen and oxygen atoms in total. The first-order valence-corrected chi connectivity index (χ1v) is 20.6.